The van der Waals surface area contributed by atoms with Crippen LogP contribution in [0.15, 0.2) is 12.1 Å². The van der Waals surface area contributed by atoms with E-state index in [1.165, 1.54) is 31.5 Å². The quantitative estimate of drug-likeness (QED) is 0.667. The molecule has 1 aliphatic carbocycles. The van der Waals surface area contributed by atoms with Gasteiger partial charge in [-0.25, -0.2) is 0 Å². The maximum absolute atomic E-state index is 13.5. The van der Waals surface area contributed by atoms with Crippen molar-refractivity contribution in [2.75, 3.05) is 46.3 Å². The lowest BCUT2D eigenvalue weighted by Crippen LogP contribution is -2.58. The normalized spacial score (nSPS) is 25.2. The van der Waals surface area contributed by atoms with Crippen molar-refractivity contribution in [2.45, 2.75) is 37.6 Å². The molecule has 28 heavy (non-hydrogen) atoms. The van der Waals surface area contributed by atoms with Gasteiger partial charge < -0.3 is 14.7 Å². The molecule has 1 amide bonds. The number of carbonyl (C=O) groups is 1. The number of likely N-dealkylation sites (N-methyl/N-ethyl adjacent to an activating group) is 1. The van der Waals surface area contributed by atoms with Crippen molar-refractivity contribution in [1.29, 1.82) is 0 Å². The van der Waals surface area contributed by atoms with Gasteiger partial charge in [0.25, 0.3) is 0 Å². The highest BCUT2D eigenvalue weighted by atomic mass is 35.5. The molecule has 8 heteroatoms. The minimum Gasteiger partial charge on any atom is -0.335 e. The third-order valence-electron chi connectivity index (χ3n) is 6.19. The molecular weight excluding hydrogens is 440 g/mol. The molecular formula is C20H29Cl4N3O. The van der Waals surface area contributed by atoms with Gasteiger partial charge in [-0.2, -0.15) is 0 Å². The number of hydrogen-bond donors (Lipinski definition) is 0. The van der Waals surface area contributed by atoms with Crippen molar-refractivity contribution >= 4 is 53.9 Å². The van der Waals surface area contributed by atoms with E-state index in [1.54, 1.807) is 0 Å². The van der Waals surface area contributed by atoms with Gasteiger partial charge in [-0.1, -0.05) is 23.2 Å². The summed E-state index contributed by atoms with van der Waals surface area (Å²) in [5.74, 6) is 0.212. The summed E-state index contributed by atoms with van der Waals surface area (Å²) in [4.78, 5) is 20.5. The second-order valence-electron chi connectivity index (χ2n) is 8.01. The number of aryl methyl sites for hydroxylation is 1. The zero-order valence-electron chi connectivity index (χ0n) is 16.2. The van der Waals surface area contributed by atoms with Crippen LogP contribution in [-0.4, -0.2) is 73.0 Å². The zero-order chi connectivity index (χ0) is 18.3. The van der Waals surface area contributed by atoms with Crippen LogP contribution in [-0.2, 0) is 11.2 Å². The Labute approximate surface area is 190 Å². The van der Waals surface area contributed by atoms with E-state index in [9.17, 15) is 4.79 Å². The molecule has 4 nitrogen and oxygen atoms in total. The van der Waals surface area contributed by atoms with Crippen molar-refractivity contribution < 1.29 is 4.79 Å². The van der Waals surface area contributed by atoms with Crippen LogP contribution >= 0.6 is 48.0 Å². The molecule has 1 aromatic rings. The fourth-order valence-electron chi connectivity index (χ4n) is 4.78. The summed E-state index contributed by atoms with van der Waals surface area (Å²) in [5.41, 5.74) is 2.27. The van der Waals surface area contributed by atoms with Gasteiger partial charge in [0, 0.05) is 26.2 Å². The lowest BCUT2D eigenvalue weighted by molar-refractivity contribution is -0.138. The summed E-state index contributed by atoms with van der Waals surface area (Å²) in [5, 5.41) is 1.14. The van der Waals surface area contributed by atoms with Gasteiger partial charge in [0.2, 0.25) is 5.91 Å². The Hall–Kier alpha value is -0.230. The molecule has 2 heterocycles. The summed E-state index contributed by atoms with van der Waals surface area (Å²) in [6.45, 7) is 6.07. The maximum Gasteiger partial charge on any atom is 0.230 e. The Balaban J connectivity index is 0.00000140. The number of nitrogens with zero attached hydrogens (tertiary/aromatic N) is 3. The number of halogens is 4. The number of carbonyl (C=O) groups excluding carboxylic acids is 1. The van der Waals surface area contributed by atoms with E-state index >= 15 is 0 Å². The van der Waals surface area contributed by atoms with Gasteiger partial charge in [0.05, 0.1) is 22.0 Å². The topological polar surface area (TPSA) is 26.8 Å². The molecule has 4 rings (SSSR count). The molecule has 2 fully saturated rings. The molecule has 0 saturated carbocycles. The molecule has 0 radical (unpaired) electrons. The summed E-state index contributed by atoms with van der Waals surface area (Å²) in [6, 6.07) is 4.14. The van der Waals surface area contributed by atoms with Gasteiger partial charge in [0.1, 0.15) is 0 Å². The highest BCUT2D eigenvalue weighted by molar-refractivity contribution is 6.42. The lowest BCUT2D eigenvalue weighted by Gasteiger charge is -2.42. The fourth-order valence-corrected chi connectivity index (χ4v) is 5.13. The average molecular weight is 469 g/mol. The third-order valence-corrected chi connectivity index (χ3v) is 6.92. The summed E-state index contributed by atoms with van der Waals surface area (Å²) >= 11 is 12.4. The molecule has 2 aliphatic heterocycles. The number of hydrogen-bond acceptors (Lipinski definition) is 3. The third kappa shape index (κ3) is 4.91. The zero-order valence-corrected chi connectivity index (χ0v) is 19.3. The van der Waals surface area contributed by atoms with Crippen LogP contribution in [0.25, 0.3) is 0 Å². The average Bonchev–Trinajstić information content (AvgIpc) is 3.25. The SMILES string of the molecule is CN1CCN(C(=O)C2CCc3cc(Cl)c(Cl)cc32)C(CN2CCCC2)C1.Cl.Cl. The largest absolute Gasteiger partial charge is 0.335 e. The molecule has 2 saturated heterocycles. The maximum atomic E-state index is 13.5. The van der Waals surface area contributed by atoms with E-state index in [-0.39, 0.29) is 42.7 Å². The van der Waals surface area contributed by atoms with Crippen molar-refractivity contribution in [3.8, 4) is 0 Å². The standard InChI is InChI=1S/C20H27Cl2N3O.2ClH/c1-23-8-9-25(15(12-23)13-24-6-2-3-7-24)20(26)16-5-4-14-10-18(21)19(22)11-17(14)16;;/h10-11,15-16H,2-9,12-13H2,1H3;2*1H. The van der Waals surface area contributed by atoms with E-state index in [0.29, 0.717) is 10.0 Å². The summed E-state index contributed by atoms with van der Waals surface area (Å²) in [6.07, 6.45) is 4.35. The van der Waals surface area contributed by atoms with Crippen molar-refractivity contribution in [3.63, 3.8) is 0 Å². The smallest absolute Gasteiger partial charge is 0.230 e. The summed E-state index contributed by atoms with van der Waals surface area (Å²) in [7, 11) is 2.16. The van der Waals surface area contributed by atoms with Crippen LogP contribution in [0.3, 0.4) is 0 Å². The van der Waals surface area contributed by atoms with Crippen LogP contribution in [0.4, 0.5) is 0 Å². The second kappa shape index (κ2) is 10.2. The fraction of sp³-hybridized carbons (Fsp3) is 0.650. The number of piperazine rings is 1. The molecule has 0 N–H and O–H groups in total. The number of amides is 1. The van der Waals surface area contributed by atoms with Crippen molar-refractivity contribution in [2.24, 2.45) is 0 Å². The van der Waals surface area contributed by atoms with E-state index in [2.05, 4.69) is 21.7 Å². The number of benzene rings is 1. The first-order chi connectivity index (χ1) is 12.5. The van der Waals surface area contributed by atoms with E-state index in [0.717, 1.165) is 44.6 Å². The predicted octanol–water partition coefficient (Wildman–Crippen LogP) is 4.11. The van der Waals surface area contributed by atoms with Crippen molar-refractivity contribution in [1.82, 2.24) is 14.7 Å². The van der Waals surface area contributed by atoms with Crippen molar-refractivity contribution in [3.05, 3.63) is 33.3 Å². The first kappa shape index (κ1) is 24.0. The van der Waals surface area contributed by atoms with E-state index in [1.807, 2.05) is 12.1 Å². The van der Waals surface area contributed by atoms with Crippen LogP contribution in [0.1, 0.15) is 36.3 Å². The molecule has 3 aliphatic rings. The number of fused-ring (bicyclic) bond motifs is 1. The van der Waals surface area contributed by atoms with Crippen LogP contribution in [0, 0.1) is 0 Å². The molecule has 0 spiro atoms. The highest BCUT2D eigenvalue weighted by Gasteiger charge is 2.37. The molecule has 2 unspecified atom stereocenters. The highest BCUT2D eigenvalue weighted by Crippen LogP contribution is 2.39. The minimum atomic E-state index is -0.0655. The molecule has 0 aromatic heterocycles. The number of likely N-dealkylation sites (tertiary alicyclic amines) is 1. The Bertz CT molecular complexity index is 696. The van der Waals surface area contributed by atoms with Crippen LogP contribution in [0.2, 0.25) is 10.0 Å². The van der Waals surface area contributed by atoms with Crippen LogP contribution in [0.5, 0.6) is 0 Å². The van der Waals surface area contributed by atoms with Gasteiger partial charge >= 0.3 is 0 Å². The molecule has 0 bridgehead atoms. The Morgan fingerprint density at radius 1 is 1.07 bits per heavy atom. The minimum absolute atomic E-state index is 0. The van der Waals surface area contributed by atoms with Gasteiger partial charge in [-0.15, -0.1) is 24.8 Å². The first-order valence-electron chi connectivity index (χ1n) is 9.72. The summed E-state index contributed by atoms with van der Waals surface area (Å²) < 4.78 is 0. The Morgan fingerprint density at radius 2 is 1.75 bits per heavy atom. The monoisotopic (exact) mass is 467 g/mol. The van der Waals surface area contributed by atoms with E-state index in [4.69, 9.17) is 23.2 Å². The molecule has 2 atom stereocenters. The second-order valence-corrected chi connectivity index (χ2v) is 8.83. The van der Waals surface area contributed by atoms with Gasteiger partial charge in [0.15, 0.2) is 0 Å². The van der Waals surface area contributed by atoms with E-state index < -0.39 is 0 Å². The molecule has 158 valence electrons. The Morgan fingerprint density at radius 3 is 2.46 bits per heavy atom. The number of rotatable bonds is 3. The van der Waals surface area contributed by atoms with Crippen LogP contribution < -0.4 is 0 Å². The Kier molecular flexibility index (Phi) is 8.75. The van der Waals surface area contributed by atoms with Gasteiger partial charge in [-0.3, -0.25) is 4.79 Å². The first-order valence-corrected chi connectivity index (χ1v) is 10.5. The molecule has 1 aromatic carbocycles. The van der Waals surface area contributed by atoms with Gasteiger partial charge in [-0.05, 0) is 69.1 Å². The lowest BCUT2D eigenvalue weighted by atomic mass is 9.98. The predicted molar refractivity (Wildman–Crippen MR) is 121 cm³/mol.